The molecule has 0 bridgehead atoms. The highest BCUT2D eigenvalue weighted by atomic mass is 127. The van der Waals surface area contributed by atoms with Crippen molar-refractivity contribution in [2.45, 2.75) is 13.0 Å². The molecule has 0 spiro atoms. The van der Waals surface area contributed by atoms with Gasteiger partial charge in [0.1, 0.15) is 5.75 Å². The number of guanidine groups is 1. The van der Waals surface area contributed by atoms with Gasteiger partial charge in [-0.1, -0.05) is 24.3 Å². The lowest BCUT2D eigenvalue weighted by Gasteiger charge is -2.13. The van der Waals surface area contributed by atoms with E-state index in [1.807, 2.05) is 24.3 Å². The molecule has 2 aromatic rings. The molecule has 0 unspecified atom stereocenters. The predicted octanol–water partition coefficient (Wildman–Crippen LogP) is 3.82. The fraction of sp³-hybridized carbons (Fsp3) is 0.316. The van der Waals surface area contributed by atoms with Crippen molar-refractivity contribution in [1.82, 2.24) is 5.32 Å². The maximum atomic E-state index is 11.1. The van der Waals surface area contributed by atoms with E-state index >= 15 is 0 Å². The smallest absolute Gasteiger partial charge is 0.274 e. The fourth-order valence-electron chi connectivity index (χ4n) is 2.39. The summed E-state index contributed by atoms with van der Waals surface area (Å²) in [6, 6.07) is 14.1. The van der Waals surface area contributed by atoms with Crippen LogP contribution in [0.1, 0.15) is 12.0 Å². The molecule has 8 nitrogen and oxygen atoms in total. The average Bonchev–Trinajstić information content (AvgIpc) is 2.69. The van der Waals surface area contributed by atoms with Crippen LogP contribution in [-0.2, 0) is 11.3 Å². The summed E-state index contributed by atoms with van der Waals surface area (Å²) >= 11 is 0. The first-order chi connectivity index (χ1) is 13.1. The maximum absolute atomic E-state index is 11.1. The van der Waals surface area contributed by atoms with Crippen molar-refractivity contribution in [3.05, 3.63) is 64.2 Å². The largest absolute Gasteiger partial charge is 0.493 e. The zero-order chi connectivity index (χ0) is 19.5. The molecule has 0 saturated heterocycles. The molecule has 0 amide bonds. The number of rotatable bonds is 9. The number of para-hydroxylation sites is 1. The molecular weight excluding hydrogens is 475 g/mol. The number of hydrogen-bond donors (Lipinski definition) is 2. The van der Waals surface area contributed by atoms with Crippen molar-refractivity contribution >= 4 is 41.3 Å². The van der Waals surface area contributed by atoms with Crippen LogP contribution >= 0.6 is 24.0 Å². The highest BCUT2D eigenvalue weighted by molar-refractivity contribution is 14.0. The molecule has 0 aliphatic heterocycles. The maximum Gasteiger partial charge on any atom is 0.274 e. The van der Waals surface area contributed by atoms with E-state index in [1.165, 1.54) is 6.07 Å². The Hall–Kier alpha value is -2.40. The van der Waals surface area contributed by atoms with E-state index in [1.54, 1.807) is 32.4 Å². The number of benzene rings is 2. The van der Waals surface area contributed by atoms with E-state index in [0.717, 1.165) is 17.9 Å². The summed E-state index contributed by atoms with van der Waals surface area (Å²) < 4.78 is 10.7. The van der Waals surface area contributed by atoms with Crippen molar-refractivity contribution in [2.75, 3.05) is 32.7 Å². The Morgan fingerprint density at radius 1 is 1.18 bits per heavy atom. The summed E-state index contributed by atoms with van der Waals surface area (Å²) in [5.74, 6) is 1.25. The van der Waals surface area contributed by atoms with Crippen LogP contribution in [0.4, 0.5) is 11.4 Å². The van der Waals surface area contributed by atoms with Gasteiger partial charge in [-0.3, -0.25) is 15.1 Å². The third-order valence-electron chi connectivity index (χ3n) is 3.72. The number of nitrogens with one attached hydrogen (secondary N) is 2. The van der Waals surface area contributed by atoms with Gasteiger partial charge in [-0.2, -0.15) is 0 Å². The zero-order valence-corrected chi connectivity index (χ0v) is 18.2. The third-order valence-corrected chi connectivity index (χ3v) is 3.72. The van der Waals surface area contributed by atoms with Gasteiger partial charge in [0.2, 0.25) is 0 Å². The number of halogens is 1. The van der Waals surface area contributed by atoms with Crippen molar-refractivity contribution in [3.63, 3.8) is 0 Å². The van der Waals surface area contributed by atoms with E-state index in [0.29, 0.717) is 24.7 Å². The first kappa shape index (κ1) is 23.6. The summed E-state index contributed by atoms with van der Waals surface area (Å²) in [7, 11) is 3.30. The van der Waals surface area contributed by atoms with E-state index in [2.05, 4.69) is 15.6 Å². The topological polar surface area (TPSA) is 98.0 Å². The minimum absolute atomic E-state index is 0. The van der Waals surface area contributed by atoms with E-state index in [-0.39, 0.29) is 36.2 Å². The summed E-state index contributed by atoms with van der Waals surface area (Å²) in [4.78, 5) is 14.9. The van der Waals surface area contributed by atoms with Crippen LogP contribution in [0.15, 0.2) is 53.5 Å². The van der Waals surface area contributed by atoms with Crippen molar-refractivity contribution in [2.24, 2.45) is 4.99 Å². The second-order valence-corrected chi connectivity index (χ2v) is 5.66. The lowest BCUT2D eigenvalue weighted by atomic mass is 10.2. The molecule has 0 atom stereocenters. The summed E-state index contributed by atoms with van der Waals surface area (Å²) in [5.41, 5.74) is 1.46. The molecule has 28 heavy (non-hydrogen) atoms. The molecular formula is C19H25IN4O4. The highest BCUT2D eigenvalue weighted by Crippen LogP contribution is 2.19. The molecule has 0 aliphatic carbocycles. The molecule has 0 fully saturated rings. The Morgan fingerprint density at radius 3 is 2.68 bits per heavy atom. The van der Waals surface area contributed by atoms with Gasteiger partial charge in [0, 0.05) is 57.1 Å². The van der Waals surface area contributed by atoms with Gasteiger partial charge < -0.3 is 20.1 Å². The Labute approximate surface area is 181 Å². The van der Waals surface area contributed by atoms with Crippen LogP contribution in [0.3, 0.4) is 0 Å². The van der Waals surface area contributed by atoms with E-state index < -0.39 is 4.92 Å². The fourth-order valence-corrected chi connectivity index (χ4v) is 2.39. The molecule has 152 valence electrons. The molecule has 2 N–H and O–H groups in total. The Morgan fingerprint density at radius 2 is 1.96 bits per heavy atom. The van der Waals surface area contributed by atoms with Gasteiger partial charge in [0.25, 0.3) is 5.69 Å². The zero-order valence-electron chi connectivity index (χ0n) is 15.9. The van der Waals surface area contributed by atoms with Gasteiger partial charge in [-0.15, -0.1) is 24.0 Å². The second kappa shape index (κ2) is 12.9. The number of nitro benzene ring substituents is 1. The molecule has 0 aliphatic rings. The van der Waals surface area contributed by atoms with Crippen molar-refractivity contribution < 1.29 is 14.4 Å². The third kappa shape index (κ3) is 7.69. The second-order valence-electron chi connectivity index (χ2n) is 5.66. The summed E-state index contributed by atoms with van der Waals surface area (Å²) in [6.45, 7) is 1.51. The Balaban J connectivity index is 0.00000392. The first-order valence-corrected chi connectivity index (χ1v) is 8.56. The number of ether oxygens (including phenoxy) is 2. The van der Waals surface area contributed by atoms with Gasteiger partial charge in [-0.25, -0.2) is 0 Å². The number of methoxy groups -OCH3 is 1. The molecule has 0 heterocycles. The first-order valence-electron chi connectivity index (χ1n) is 8.56. The molecule has 2 rings (SSSR count). The van der Waals surface area contributed by atoms with Gasteiger partial charge in [-0.05, 0) is 12.1 Å². The Bertz CT molecular complexity index is 786. The van der Waals surface area contributed by atoms with Crippen LogP contribution < -0.4 is 15.4 Å². The summed E-state index contributed by atoms with van der Waals surface area (Å²) in [6.07, 6.45) is 0.813. The molecule has 0 radical (unpaired) electrons. The predicted molar refractivity (Wildman–Crippen MR) is 121 cm³/mol. The van der Waals surface area contributed by atoms with Crippen LogP contribution in [0.5, 0.6) is 5.75 Å². The average molecular weight is 500 g/mol. The lowest BCUT2D eigenvalue weighted by molar-refractivity contribution is -0.385. The number of aliphatic imine (C=N–C) groups is 1. The summed E-state index contributed by atoms with van der Waals surface area (Å²) in [5, 5.41) is 17.3. The monoisotopic (exact) mass is 500 g/mol. The number of anilines is 1. The Kier molecular flexibility index (Phi) is 10.9. The van der Waals surface area contributed by atoms with E-state index in [4.69, 9.17) is 9.47 Å². The van der Waals surface area contributed by atoms with Crippen LogP contribution in [0.25, 0.3) is 0 Å². The quantitative estimate of drug-likeness (QED) is 0.136. The molecule has 0 aromatic heterocycles. The molecule has 0 saturated carbocycles. The van der Waals surface area contributed by atoms with Crippen LogP contribution in [0, 0.1) is 10.1 Å². The minimum Gasteiger partial charge on any atom is -0.493 e. The SMILES string of the molecule is CN=C(NCc1ccccc1[N+](=O)[O-])Nc1cccc(OCCCOC)c1.I. The minimum atomic E-state index is -0.391. The normalized spacial score (nSPS) is 10.7. The van der Waals surface area contributed by atoms with Crippen LogP contribution in [-0.4, -0.2) is 38.3 Å². The molecule has 9 heteroatoms. The van der Waals surface area contributed by atoms with Crippen molar-refractivity contribution in [3.8, 4) is 5.75 Å². The number of nitro groups is 1. The van der Waals surface area contributed by atoms with Crippen LogP contribution in [0.2, 0.25) is 0 Å². The van der Waals surface area contributed by atoms with Gasteiger partial charge in [0.15, 0.2) is 5.96 Å². The van der Waals surface area contributed by atoms with Gasteiger partial charge in [0.05, 0.1) is 11.5 Å². The van der Waals surface area contributed by atoms with E-state index in [9.17, 15) is 10.1 Å². The lowest BCUT2D eigenvalue weighted by Crippen LogP contribution is -2.30. The van der Waals surface area contributed by atoms with Crippen molar-refractivity contribution in [1.29, 1.82) is 0 Å². The highest BCUT2D eigenvalue weighted by Gasteiger charge is 2.12. The molecule has 2 aromatic carbocycles. The standard InChI is InChI=1S/C19H24N4O4.HI/c1-20-19(21-14-15-7-3-4-10-18(15)23(24)25)22-16-8-5-9-17(13-16)27-12-6-11-26-2;/h3-5,7-10,13H,6,11-12,14H2,1-2H3,(H2,20,21,22);1H. The number of hydrogen-bond acceptors (Lipinski definition) is 5. The number of nitrogens with zero attached hydrogens (tertiary/aromatic N) is 2. The van der Waals surface area contributed by atoms with Gasteiger partial charge >= 0.3 is 0 Å².